The fraction of sp³-hybridized carbons (Fsp3) is 0.444. The molecule has 0 spiro atoms. The van der Waals surface area contributed by atoms with Gasteiger partial charge in [-0.2, -0.15) is 0 Å². The largest absolute Gasteiger partial charge is 0.481 e. The monoisotopic (exact) mass is 479 g/mol. The number of benzene rings is 2. The Hall–Kier alpha value is -3.39. The summed E-state index contributed by atoms with van der Waals surface area (Å²) in [6.45, 7) is 5.02. The van der Waals surface area contributed by atoms with Gasteiger partial charge in [-0.25, -0.2) is 4.79 Å². The van der Waals surface area contributed by atoms with Gasteiger partial charge in [-0.15, -0.1) is 0 Å². The van der Waals surface area contributed by atoms with Crippen molar-refractivity contribution in [2.45, 2.75) is 50.6 Å². The molecule has 1 unspecified atom stereocenters. The van der Waals surface area contributed by atoms with Gasteiger partial charge in [0, 0.05) is 31.5 Å². The molecule has 4 rings (SSSR count). The van der Waals surface area contributed by atoms with Crippen LogP contribution in [0.3, 0.4) is 0 Å². The number of hydrogen-bond acceptors (Lipinski definition) is 5. The maximum atomic E-state index is 12.9. The van der Waals surface area contributed by atoms with Gasteiger partial charge >= 0.3 is 12.1 Å². The molecule has 2 aromatic carbocycles. The Balaban J connectivity index is 1.36. The van der Waals surface area contributed by atoms with Crippen molar-refractivity contribution in [3.05, 3.63) is 59.7 Å². The van der Waals surface area contributed by atoms with E-state index in [2.05, 4.69) is 34.6 Å². The first-order valence-corrected chi connectivity index (χ1v) is 12.3. The first-order valence-electron chi connectivity index (χ1n) is 12.3. The minimum absolute atomic E-state index is 0.000826. The van der Waals surface area contributed by atoms with E-state index in [1.165, 1.54) is 0 Å². The number of nitrogens with zero attached hydrogens (tertiary/aromatic N) is 1. The first kappa shape index (κ1) is 24.7. The van der Waals surface area contributed by atoms with Crippen molar-refractivity contribution in [3.8, 4) is 11.1 Å². The number of aliphatic carboxylic acids is 1. The summed E-state index contributed by atoms with van der Waals surface area (Å²) in [5.74, 6) is -1.48. The van der Waals surface area contributed by atoms with Crippen LogP contribution < -0.4 is 10.6 Å². The SMILES string of the molecule is CCN1CCC(NC(=O)C(CCC(=O)O)NC(=O)OCC2c3ccccc3-c3ccccc32)CC1. The molecule has 0 saturated carbocycles. The van der Waals surface area contributed by atoms with Crippen LogP contribution >= 0.6 is 0 Å². The molecule has 3 N–H and O–H groups in total. The topological polar surface area (TPSA) is 108 Å². The fourth-order valence-corrected chi connectivity index (χ4v) is 5.01. The van der Waals surface area contributed by atoms with Crippen LogP contribution in [0.15, 0.2) is 48.5 Å². The second-order valence-electron chi connectivity index (χ2n) is 9.17. The summed E-state index contributed by atoms with van der Waals surface area (Å²) in [5.41, 5.74) is 4.45. The molecular formula is C27H33N3O5. The smallest absolute Gasteiger partial charge is 0.407 e. The number of piperidine rings is 1. The van der Waals surface area contributed by atoms with Crippen LogP contribution in [-0.2, 0) is 14.3 Å². The quantitative estimate of drug-likeness (QED) is 0.509. The van der Waals surface area contributed by atoms with Crippen molar-refractivity contribution < 1.29 is 24.2 Å². The standard InChI is InChI=1S/C27H33N3O5/c1-2-30-15-13-18(14-16-30)28-26(33)24(11-12-25(31)32)29-27(34)35-17-23-21-9-5-3-7-19(21)20-8-4-6-10-22(20)23/h3-10,18,23-24H,2,11-17H2,1H3,(H,28,33)(H,29,34)(H,31,32). The second kappa shape index (κ2) is 11.4. The molecule has 35 heavy (non-hydrogen) atoms. The zero-order valence-electron chi connectivity index (χ0n) is 20.0. The summed E-state index contributed by atoms with van der Waals surface area (Å²) in [5, 5.41) is 14.7. The number of hydrogen-bond donors (Lipinski definition) is 3. The molecular weight excluding hydrogens is 446 g/mol. The molecule has 8 nitrogen and oxygen atoms in total. The van der Waals surface area contributed by atoms with E-state index in [0.29, 0.717) is 0 Å². The summed E-state index contributed by atoms with van der Waals surface area (Å²) in [4.78, 5) is 39.0. The van der Waals surface area contributed by atoms with Crippen molar-refractivity contribution in [1.29, 1.82) is 0 Å². The van der Waals surface area contributed by atoms with E-state index in [0.717, 1.165) is 54.7 Å². The van der Waals surface area contributed by atoms with Gasteiger partial charge in [0.25, 0.3) is 0 Å². The molecule has 1 saturated heterocycles. The highest BCUT2D eigenvalue weighted by Gasteiger charge is 2.30. The van der Waals surface area contributed by atoms with E-state index >= 15 is 0 Å². The molecule has 0 bridgehead atoms. The van der Waals surface area contributed by atoms with Gasteiger partial charge in [0.05, 0.1) is 0 Å². The van der Waals surface area contributed by atoms with Crippen molar-refractivity contribution >= 4 is 18.0 Å². The van der Waals surface area contributed by atoms with E-state index in [9.17, 15) is 14.4 Å². The van der Waals surface area contributed by atoms with E-state index in [-0.39, 0.29) is 37.3 Å². The number of alkyl carbamates (subject to hydrolysis) is 1. The minimum atomic E-state index is -1.02. The van der Waals surface area contributed by atoms with Gasteiger partial charge < -0.3 is 25.4 Å². The minimum Gasteiger partial charge on any atom is -0.481 e. The highest BCUT2D eigenvalue weighted by molar-refractivity contribution is 5.86. The lowest BCUT2D eigenvalue weighted by Crippen LogP contribution is -2.52. The third kappa shape index (κ3) is 6.00. The Labute approximate surface area is 205 Å². The van der Waals surface area contributed by atoms with Crippen LogP contribution in [-0.4, -0.2) is 66.3 Å². The second-order valence-corrected chi connectivity index (χ2v) is 9.17. The number of ether oxygens (including phenoxy) is 1. The van der Waals surface area contributed by atoms with Gasteiger partial charge in [0.2, 0.25) is 5.91 Å². The average molecular weight is 480 g/mol. The summed E-state index contributed by atoms with van der Waals surface area (Å²) in [7, 11) is 0. The van der Waals surface area contributed by atoms with Gasteiger partial charge in [-0.05, 0) is 48.1 Å². The number of amides is 2. The van der Waals surface area contributed by atoms with Gasteiger partial charge in [0.1, 0.15) is 12.6 Å². The molecule has 1 aliphatic heterocycles. The van der Waals surface area contributed by atoms with Crippen LogP contribution in [0.25, 0.3) is 11.1 Å². The van der Waals surface area contributed by atoms with Gasteiger partial charge in [0.15, 0.2) is 0 Å². The number of carboxylic acid groups (broad SMARTS) is 1. The van der Waals surface area contributed by atoms with Crippen LogP contribution in [0.5, 0.6) is 0 Å². The van der Waals surface area contributed by atoms with Crippen LogP contribution in [0.2, 0.25) is 0 Å². The third-order valence-corrected chi connectivity index (χ3v) is 6.98. The van der Waals surface area contributed by atoms with Crippen molar-refractivity contribution in [2.75, 3.05) is 26.2 Å². The fourth-order valence-electron chi connectivity index (χ4n) is 5.01. The molecule has 1 aliphatic carbocycles. The summed E-state index contributed by atoms with van der Waals surface area (Å²) in [6.07, 6.45) is 0.708. The lowest BCUT2D eigenvalue weighted by Gasteiger charge is -2.32. The molecule has 0 radical (unpaired) electrons. The van der Waals surface area contributed by atoms with E-state index in [1.54, 1.807) is 0 Å². The van der Waals surface area contributed by atoms with Crippen molar-refractivity contribution in [1.82, 2.24) is 15.5 Å². The summed E-state index contributed by atoms with van der Waals surface area (Å²) in [6, 6.07) is 15.2. The van der Waals surface area contributed by atoms with E-state index in [1.807, 2.05) is 36.4 Å². The average Bonchev–Trinajstić information content (AvgIpc) is 3.19. The van der Waals surface area contributed by atoms with E-state index < -0.39 is 18.1 Å². The number of rotatable bonds is 9. The summed E-state index contributed by atoms with van der Waals surface area (Å²) >= 11 is 0. The zero-order valence-corrected chi connectivity index (χ0v) is 20.0. The number of carbonyl (C=O) groups excluding carboxylic acids is 2. The lowest BCUT2D eigenvalue weighted by molar-refractivity contribution is -0.137. The lowest BCUT2D eigenvalue weighted by atomic mass is 9.98. The molecule has 1 heterocycles. The molecule has 2 aliphatic rings. The molecule has 2 amide bonds. The Bertz CT molecular complexity index is 1020. The molecule has 0 aromatic heterocycles. The maximum Gasteiger partial charge on any atom is 0.407 e. The Morgan fingerprint density at radius 3 is 2.20 bits per heavy atom. The Kier molecular flexibility index (Phi) is 8.02. The van der Waals surface area contributed by atoms with Gasteiger partial charge in [-0.3, -0.25) is 9.59 Å². The van der Waals surface area contributed by atoms with Crippen molar-refractivity contribution in [2.24, 2.45) is 0 Å². The van der Waals surface area contributed by atoms with Crippen molar-refractivity contribution in [3.63, 3.8) is 0 Å². The van der Waals surface area contributed by atoms with Gasteiger partial charge in [-0.1, -0.05) is 55.5 Å². The Morgan fingerprint density at radius 2 is 1.63 bits per heavy atom. The molecule has 1 fully saturated rings. The molecule has 186 valence electrons. The number of nitrogens with one attached hydrogen (secondary N) is 2. The molecule has 8 heteroatoms. The predicted molar refractivity (Wildman–Crippen MR) is 132 cm³/mol. The number of carbonyl (C=O) groups is 3. The first-order chi connectivity index (χ1) is 17.0. The number of likely N-dealkylation sites (tertiary alicyclic amines) is 1. The number of carboxylic acids is 1. The molecule has 2 aromatic rings. The highest BCUT2D eigenvalue weighted by Crippen LogP contribution is 2.44. The highest BCUT2D eigenvalue weighted by atomic mass is 16.5. The van der Waals surface area contributed by atoms with E-state index in [4.69, 9.17) is 9.84 Å². The summed E-state index contributed by atoms with van der Waals surface area (Å²) < 4.78 is 5.56. The van der Waals surface area contributed by atoms with Crippen LogP contribution in [0, 0.1) is 0 Å². The Morgan fingerprint density at radius 1 is 1.03 bits per heavy atom. The predicted octanol–water partition coefficient (Wildman–Crippen LogP) is 3.36. The maximum absolute atomic E-state index is 12.9. The number of fused-ring (bicyclic) bond motifs is 3. The third-order valence-electron chi connectivity index (χ3n) is 6.98. The van der Waals surface area contributed by atoms with Crippen LogP contribution in [0.4, 0.5) is 4.79 Å². The van der Waals surface area contributed by atoms with Crippen LogP contribution in [0.1, 0.15) is 49.7 Å². The molecule has 1 atom stereocenters. The zero-order chi connectivity index (χ0) is 24.8. The normalized spacial score (nSPS) is 16.7.